The Morgan fingerprint density at radius 3 is 1.72 bits per heavy atom. The third kappa shape index (κ3) is 4.32. The maximum absolute atomic E-state index is 10.2. The van der Waals surface area contributed by atoms with Crippen LogP contribution in [0.5, 0.6) is 28.7 Å². The van der Waals surface area contributed by atoms with E-state index in [-0.39, 0.29) is 17.2 Å². The summed E-state index contributed by atoms with van der Waals surface area (Å²) in [6.45, 7) is 5.85. The summed E-state index contributed by atoms with van der Waals surface area (Å²) in [7, 11) is 0. The van der Waals surface area contributed by atoms with E-state index in [9.17, 15) is 15.3 Å². The normalized spacial score (nSPS) is 10.7. The number of benzene rings is 4. The molecule has 32 heavy (non-hydrogen) atoms. The number of nitrogens with zero attached hydrogens (tertiary/aromatic N) is 1. The van der Waals surface area contributed by atoms with Crippen LogP contribution in [0.1, 0.15) is 16.7 Å². The van der Waals surface area contributed by atoms with Gasteiger partial charge >= 0.3 is 0 Å². The van der Waals surface area contributed by atoms with Gasteiger partial charge in [-0.15, -0.1) is 0 Å². The second-order valence-electron chi connectivity index (χ2n) is 7.83. The van der Waals surface area contributed by atoms with E-state index in [0.717, 1.165) is 33.8 Å². The van der Waals surface area contributed by atoms with E-state index >= 15 is 0 Å². The number of hydrogen-bond donors (Lipinski definition) is 3. The van der Waals surface area contributed by atoms with E-state index in [1.807, 2.05) is 62.1 Å². The fraction of sp³-hybridized carbons (Fsp3) is 0.111. The minimum atomic E-state index is 0.133. The maximum atomic E-state index is 10.2. The molecular formula is C27H25NO4. The van der Waals surface area contributed by atoms with Gasteiger partial charge in [0.05, 0.1) is 11.4 Å². The van der Waals surface area contributed by atoms with Gasteiger partial charge in [0.25, 0.3) is 0 Å². The van der Waals surface area contributed by atoms with Gasteiger partial charge in [0.1, 0.15) is 28.7 Å². The van der Waals surface area contributed by atoms with E-state index < -0.39 is 0 Å². The van der Waals surface area contributed by atoms with Crippen LogP contribution < -0.4 is 9.64 Å². The molecule has 5 nitrogen and oxygen atoms in total. The number of hydrogen-bond acceptors (Lipinski definition) is 5. The summed E-state index contributed by atoms with van der Waals surface area (Å²) >= 11 is 0. The van der Waals surface area contributed by atoms with E-state index in [2.05, 4.69) is 0 Å². The molecular weight excluding hydrogens is 402 g/mol. The molecule has 0 amide bonds. The Hall–Kier alpha value is -4.12. The molecule has 3 N–H and O–H groups in total. The lowest BCUT2D eigenvalue weighted by atomic mass is 10.1. The first kappa shape index (κ1) is 21.1. The Bertz CT molecular complexity index is 1230. The Kier molecular flexibility index (Phi) is 5.65. The van der Waals surface area contributed by atoms with Crippen molar-refractivity contribution in [3.63, 3.8) is 0 Å². The van der Waals surface area contributed by atoms with Crippen LogP contribution >= 0.6 is 0 Å². The number of phenols is 3. The monoisotopic (exact) mass is 427 g/mol. The smallest absolute Gasteiger partial charge is 0.134 e. The first-order valence-corrected chi connectivity index (χ1v) is 10.3. The molecule has 0 spiro atoms. The van der Waals surface area contributed by atoms with Crippen LogP contribution in [0.3, 0.4) is 0 Å². The summed E-state index contributed by atoms with van der Waals surface area (Å²) in [6.07, 6.45) is 0. The Labute approximate surface area is 187 Å². The summed E-state index contributed by atoms with van der Waals surface area (Å²) in [5, 5.41) is 30.2. The zero-order valence-corrected chi connectivity index (χ0v) is 18.2. The van der Waals surface area contributed by atoms with Gasteiger partial charge in [-0.2, -0.15) is 0 Å². The number of aryl methyl sites for hydroxylation is 3. The lowest BCUT2D eigenvalue weighted by Crippen LogP contribution is -2.12. The molecule has 0 atom stereocenters. The molecule has 0 fully saturated rings. The number of rotatable bonds is 5. The van der Waals surface area contributed by atoms with Gasteiger partial charge < -0.3 is 25.0 Å². The second-order valence-corrected chi connectivity index (χ2v) is 7.83. The van der Waals surface area contributed by atoms with Gasteiger partial charge in [0.15, 0.2) is 0 Å². The fourth-order valence-corrected chi connectivity index (χ4v) is 3.60. The maximum Gasteiger partial charge on any atom is 0.134 e. The predicted molar refractivity (Wildman–Crippen MR) is 127 cm³/mol. The summed E-state index contributed by atoms with van der Waals surface area (Å²) in [5.41, 5.74) is 5.18. The summed E-state index contributed by atoms with van der Waals surface area (Å²) in [4.78, 5) is 1.98. The van der Waals surface area contributed by atoms with Gasteiger partial charge in [-0.25, -0.2) is 0 Å². The number of ether oxygens (including phenoxy) is 1. The molecule has 0 aliphatic rings. The number of phenolic OH excluding ortho intramolecular Hbond substituents is 3. The molecule has 4 aromatic carbocycles. The molecule has 0 bridgehead atoms. The topological polar surface area (TPSA) is 73.2 Å². The van der Waals surface area contributed by atoms with Gasteiger partial charge in [-0.1, -0.05) is 24.3 Å². The molecule has 0 aliphatic carbocycles. The SMILES string of the molecule is Cc1ccc(O)cc1Oc1cccc(N(c2cc(O)ccc2C)c2cc(O)ccc2C)c1. The first-order valence-electron chi connectivity index (χ1n) is 10.3. The van der Waals surface area contributed by atoms with Crippen molar-refractivity contribution in [3.05, 3.63) is 95.6 Å². The molecule has 0 aliphatic heterocycles. The molecule has 0 unspecified atom stereocenters. The molecule has 5 heteroatoms. The zero-order valence-electron chi connectivity index (χ0n) is 18.2. The summed E-state index contributed by atoms with van der Waals surface area (Å²) in [6, 6.07) is 23.0. The van der Waals surface area contributed by atoms with Crippen molar-refractivity contribution in [1.29, 1.82) is 0 Å². The van der Waals surface area contributed by atoms with Crippen LogP contribution in [0.25, 0.3) is 0 Å². The highest BCUT2D eigenvalue weighted by molar-refractivity contribution is 5.81. The van der Waals surface area contributed by atoms with E-state index in [1.54, 1.807) is 42.5 Å². The summed E-state index contributed by atoms with van der Waals surface area (Å²) in [5.74, 6) is 1.59. The molecule has 4 aromatic rings. The molecule has 4 rings (SSSR count). The number of aromatic hydroxyl groups is 3. The second kappa shape index (κ2) is 8.55. The van der Waals surface area contributed by atoms with Crippen LogP contribution in [-0.2, 0) is 0 Å². The highest BCUT2D eigenvalue weighted by Gasteiger charge is 2.18. The predicted octanol–water partition coefficient (Wildman–Crippen LogP) is 6.99. The molecule has 162 valence electrons. The largest absolute Gasteiger partial charge is 0.508 e. The molecule has 0 radical (unpaired) electrons. The third-order valence-electron chi connectivity index (χ3n) is 5.34. The quantitative estimate of drug-likeness (QED) is 0.320. The summed E-state index contributed by atoms with van der Waals surface area (Å²) < 4.78 is 6.08. The average Bonchev–Trinajstić information content (AvgIpc) is 2.76. The van der Waals surface area contributed by atoms with Gasteiger partial charge in [-0.3, -0.25) is 0 Å². The zero-order chi connectivity index (χ0) is 22.8. The van der Waals surface area contributed by atoms with Crippen molar-refractivity contribution in [3.8, 4) is 28.7 Å². The fourth-order valence-electron chi connectivity index (χ4n) is 3.60. The third-order valence-corrected chi connectivity index (χ3v) is 5.34. The van der Waals surface area contributed by atoms with Crippen LogP contribution in [-0.4, -0.2) is 15.3 Å². The van der Waals surface area contributed by atoms with Gasteiger partial charge in [0, 0.05) is 30.0 Å². The first-order chi connectivity index (χ1) is 15.3. The number of anilines is 3. The average molecular weight is 428 g/mol. The highest BCUT2D eigenvalue weighted by Crippen LogP contribution is 2.42. The minimum Gasteiger partial charge on any atom is -0.508 e. The van der Waals surface area contributed by atoms with Gasteiger partial charge in [-0.05, 0) is 67.8 Å². The van der Waals surface area contributed by atoms with E-state index in [1.165, 1.54) is 0 Å². The van der Waals surface area contributed by atoms with Gasteiger partial charge in [0.2, 0.25) is 0 Å². The highest BCUT2D eigenvalue weighted by atomic mass is 16.5. The Morgan fingerprint density at radius 1 is 0.594 bits per heavy atom. The van der Waals surface area contributed by atoms with E-state index in [0.29, 0.717) is 11.5 Å². The molecule has 0 saturated carbocycles. The Balaban J connectivity index is 1.85. The lowest BCUT2D eigenvalue weighted by Gasteiger charge is -2.29. The van der Waals surface area contributed by atoms with Crippen molar-refractivity contribution in [2.75, 3.05) is 4.90 Å². The van der Waals surface area contributed by atoms with E-state index in [4.69, 9.17) is 4.74 Å². The Morgan fingerprint density at radius 2 is 1.12 bits per heavy atom. The van der Waals surface area contributed by atoms with Crippen LogP contribution in [0.2, 0.25) is 0 Å². The molecule has 0 heterocycles. The molecule has 0 aromatic heterocycles. The van der Waals surface area contributed by atoms with Crippen LogP contribution in [0.15, 0.2) is 78.9 Å². The van der Waals surface area contributed by atoms with Crippen molar-refractivity contribution < 1.29 is 20.1 Å². The lowest BCUT2D eigenvalue weighted by molar-refractivity contribution is 0.453. The van der Waals surface area contributed by atoms with Crippen molar-refractivity contribution in [1.82, 2.24) is 0 Å². The van der Waals surface area contributed by atoms with Crippen LogP contribution in [0.4, 0.5) is 17.1 Å². The standard InChI is InChI=1S/C27H25NO4/c1-17-7-10-21(29)14-25(17)28(26-15-22(30)11-8-18(26)2)20-5-4-6-24(13-20)32-27-16-23(31)12-9-19(27)3/h4-16,29-31H,1-3H3. The minimum absolute atomic E-state index is 0.133. The van der Waals surface area contributed by atoms with Crippen molar-refractivity contribution >= 4 is 17.1 Å². The van der Waals surface area contributed by atoms with Crippen molar-refractivity contribution in [2.24, 2.45) is 0 Å². The molecule has 0 saturated heterocycles. The van der Waals surface area contributed by atoms with Crippen LogP contribution in [0, 0.1) is 20.8 Å². The van der Waals surface area contributed by atoms with Crippen molar-refractivity contribution in [2.45, 2.75) is 20.8 Å².